The van der Waals surface area contributed by atoms with E-state index in [1.54, 1.807) is 0 Å². The lowest BCUT2D eigenvalue weighted by Crippen LogP contribution is -2.29. The fourth-order valence-electron chi connectivity index (χ4n) is 3.04. The smallest absolute Gasteiger partial charge is 0.0870 e. The molecule has 2 unspecified atom stereocenters. The van der Waals surface area contributed by atoms with Gasteiger partial charge in [0.1, 0.15) is 0 Å². The lowest BCUT2D eigenvalue weighted by Gasteiger charge is -2.33. The molecule has 1 heterocycles. The van der Waals surface area contributed by atoms with E-state index < -0.39 is 0 Å². The Kier molecular flexibility index (Phi) is 3.85. The molecule has 0 spiro atoms. The van der Waals surface area contributed by atoms with Crippen molar-refractivity contribution in [3.05, 3.63) is 34.4 Å². The quantitative estimate of drug-likeness (QED) is 0.852. The summed E-state index contributed by atoms with van der Waals surface area (Å²) in [5, 5.41) is 0. The SMILES string of the molecule is Cc1cc(C)c(C2OCCCC2CN)c(C)c1. The predicted molar refractivity (Wildman–Crippen MR) is 71.1 cm³/mol. The Labute approximate surface area is 104 Å². The van der Waals surface area contributed by atoms with Crippen molar-refractivity contribution < 1.29 is 4.74 Å². The average molecular weight is 233 g/mol. The molecule has 94 valence electrons. The fraction of sp³-hybridized carbons (Fsp3) is 0.600. The number of hydrogen-bond acceptors (Lipinski definition) is 2. The van der Waals surface area contributed by atoms with E-state index in [-0.39, 0.29) is 6.10 Å². The maximum absolute atomic E-state index is 5.99. The standard InChI is InChI=1S/C15H23NO/c1-10-7-11(2)14(12(3)8-10)15-13(9-16)5-4-6-17-15/h7-8,13,15H,4-6,9,16H2,1-3H3. The van der Waals surface area contributed by atoms with E-state index in [0.29, 0.717) is 5.92 Å². The summed E-state index contributed by atoms with van der Waals surface area (Å²) in [5.41, 5.74) is 11.3. The molecule has 2 atom stereocenters. The van der Waals surface area contributed by atoms with E-state index in [4.69, 9.17) is 10.5 Å². The van der Waals surface area contributed by atoms with Gasteiger partial charge in [0.2, 0.25) is 0 Å². The summed E-state index contributed by atoms with van der Waals surface area (Å²) in [4.78, 5) is 0. The van der Waals surface area contributed by atoms with Crippen LogP contribution in [0.4, 0.5) is 0 Å². The van der Waals surface area contributed by atoms with Crippen molar-refractivity contribution in [3.63, 3.8) is 0 Å². The van der Waals surface area contributed by atoms with Crippen molar-refractivity contribution in [2.75, 3.05) is 13.2 Å². The monoisotopic (exact) mass is 233 g/mol. The number of rotatable bonds is 2. The molecule has 0 saturated carbocycles. The van der Waals surface area contributed by atoms with Crippen molar-refractivity contribution in [1.82, 2.24) is 0 Å². The van der Waals surface area contributed by atoms with Gasteiger partial charge in [0.15, 0.2) is 0 Å². The van der Waals surface area contributed by atoms with E-state index in [0.717, 1.165) is 19.6 Å². The summed E-state index contributed by atoms with van der Waals surface area (Å²) >= 11 is 0. The first-order valence-electron chi connectivity index (χ1n) is 6.53. The van der Waals surface area contributed by atoms with Crippen LogP contribution < -0.4 is 5.73 Å². The number of aryl methyl sites for hydroxylation is 3. The molecule has 17 heavy (non-hydrogen) atoms. The van der Waals surface area contributed by atoms with E-state index in [1.165, 1.54) is 28.7 Å². The van der Waals surface area contributed by atoms with Crippen LogP contribution in [-0.2, 0) is 4.74 Å². The van der Waals surface area contributed by atoms with Crippen molar-refractivity contribution in [1.29, 1.82) is 0 Å². The third kappa shape index (κ3) is 2.53. The average Bonchev–Trinajstić information content (AvgIpc) is 2.28. The van der Waals surface area contributed by atoms with Crippen molar-refractivity contribution in [2.24, 2.45) is 11.7 Å². The van der Waals surface area contributed by atoms with E-state index in [2.05, 4.69) is 32.9 Å². The molecule has 2 heteroatoms. The molecule has 0 bridgehead atoms. The van der Waals surface area contributed by atoms with Crippen LogP contribution >= 0.6 is 0 Å². The van der Waals surface area contributed by atoms with Crippen LogP contribution in [0.1, 0.15) is 41.2 Å². The highest BCUT2D eigenvalue weighted by atomic mass is 16.5. The Hall–Kier alpha value is -0.860. The van der Waals surface area contributed by atoms with Gasteiger partial charge in [-0.05, 0) is 56.8 Å². The topological polar surface area (TPSA) is 35.2 Å². The molecular formula is C15H23NO. The second-order valence-electron chi connectivity index (χ2n) is 5.24. The minimum atomic E-state index is 0.203. The Morgan fingerprint density at radius 1 is 1.24 bits per heavy atom. The van der Waals surface area contributed by atoms with Gasteiger partial charge in [0.05, 0.1) is 6.10 Å². The Bertz CT molecular complexity index is 377. The highest BCUT2D eigenvalue weighted by Crippen LogP contribution is 2.36. The van der Waals surface area contributed by atoms with Crippen LogP contribution in [0, 0.1) is 26.7 Å². The largest absolute Gasteiger partial charge is 0.373 e. The zero-order valence-electron chi connectivity index (χ0n) is 11.1. The van der Waals surface area contributed by atoms with Crippen LogP contribution in [0.3, 0.4) is 0 Å². The van der Waals surface area contributed by atoms with Gasteiger partial charge in [-0.25, -0.2) is 0 Å². The number of ether oxygens (including phenoxy) is 1. The first kappa shape index (κ1) is 12.6. The molecule has 1 aliphatic heterocycles. The first-order valence-corrected chi connectivity index (χ1v) is 6.53. The lowest BCUT2D eigenvalue weighted by molar-refractivity contribution is -0.0258. The van der Waals surface area contributed by atoms with Crippen LogP contribution in [-0.4, -0.2) is 13.2 Å². The van der Waals surface area contributed by atoms with Crippen molar-refractivity contribution in [3.8, 4) is 0 Å². The Balaban J connectivity index is 2.38. The van der Waals surface area contributed by atoms with Crippen LogP contribution in [0.5, 0.6) is 0 Å². The zero-order valence-corrected chi connectivity index (χ0v) is 11.1. The molecule has 0 amide bonds. The molecule has 1 saturated heterocycles. The summed E-state index contributed by atoms with van der Waals surface area (Å²) in [7, 11) is 0. The summed E-state index contributed by atoms with van der Waals surface area (Å²) in [6.07, 6.45) is 2.53. The molecule has 1 aromatic carbocycles. The van der Waals surface area contributed by atoms with Crippen LogP contribution in [0.25, 0.3) is 0 Å². The fourth-order valence-corrected chi connectivity index (χ4v) is 3.04. The van der Waals surface area contributed by atoms with Gasteiger partial charge in [-0.15, -0.1) is 0 Å². The Morgan fingerprint density at radius 2 is 1.88 bits per heavy atom. The van der Waals surface area contributed by atoms with Crippen LogP contribution in [0.2, 0.25) is 0 Å². The minimum Gasteiger partial charge on any atom is -0.373 e. The lowest BCUT2D eigenvalue weighted by atomic mass is 9.85. The molecular weight excluding hydrogens is 210 g/mol. The minimum absolute atomic E-state index is 0.203. The molecule has 2 N–H and O–H groups in total. The molecule has 1 fully saturated rings. The Morgan fingerprint density at radius 3 is 2.47 bits per heavy atom. The third-order valence-corrected chi connectivity index (χ3v) is 3.77. The summed E-state index contributed by atoms with van der Waals surface area (Å²) in [5.74, 6) is 0.476. The molecule has 2 nitrogen and oxygen atoms in total. The number of nitrogens with two attached hydrogens (primary N) is 1. The molecule has 0 aromatic heterocycles. The van der Waals surface area contributed by atoms with Gasteiger partial charge in [-0.1, -0.05) is 17.7 Å². The van der Waals surface area contributed by atoms with Gasteiger partial charge in [0.25, 0.3) is 0 Å². The van der Waals surface area contributed by atoms with Crippen molar-refractivity contribution in [2.45, 2.75) is 39.7 Å². The maximum Gasteiger partial charge on any atom is 0.0870 e. The van der Waals surface area contributed by atoms with Gasteiger partial charge in [-0.2, -0.15) is 0 Å². The van der Waals surface area contributed by atoms with E-state index in [1.807, 2.05) is 0 Å². The summed E-state index contributed by atoms with van der Waals surface area (Å²) < 4.78 is 5.99. The van der Waals surface area contributed by atoms with E-state index >= 15 is 0 Å². The number of hydrogen-bond donors (Lipinski definition) is 1. The molecule has 2 rings (SSSR count). The van der Waals surface area contributed by atoms with Gasteiger partial charge < -0.3 is 10.5 Å². The maximum atomic E-state index is 5.99. The molecule has 0 aliphatic carbocycles. The highest BCUT2D eigenvalue weighted by molar-refractivity contribution is 5.39. The van der Waals surface area contributed by atoms with Gasteiger partial charge in [0, 0.05) is 12.5 Å². The van der Waals surface area contributed by atoms with E-state index in [9.17, 15) is 0 Å². The van der Waals surface area contributed by atoms with Crippen LogP contribution in [0.15, 0.2) is 12.1 Å². The second-order valence-corrected chi connectivity index (χ2v) is 5.24. The summed E-state index contributed by atoms with van der Waals surface area (Å²) in [6.45, 7) is 8.10. The summed E-state index contributed by atoms with van der Waals surface area (Å²) in [6, 6.07) is 4.49. The van der Waals surface area contributed by atoms with Crippen molar-refractivity contribution >= 4 is 0 Å². The van der Waals surface area contributed by atoms with Gasteiger partial charge >= 0.3 is 0 Å². The zero-order chi connectivity index (χ0) is 12.4. The first-order chi connectivity index (χ1) is 8.13. The third-order valence-electron chi connectivity index (χ3n) is 3.77. The normalized spacial score (nSPS) is 24.9. The molecule has 1 aliphatic rings. The highest BCUT2D eigenvalue weighted by Gasteiger charge is 2.28. The molecule has 1 aromatic rings. The molecule has 0 radical (unpaired) electrons. The van der Waals surface area contributed by atoms with Gasteiger partial charge in [-0.3, -0.25) is 0 Å². The predicted octanol–water partition coefficient (Wildman–Crippen LogP) is 3.04. The number of benzene rings is 1. The second kappa shape index (κ2) is 5.19.